The highest BCUT2D eigenvalue weighted by atomic mass is 35.5. The summed E-state index contributed by atoms with van der Waals surface area (Å²) in [7, 11) is 1.64. The first-order valence-electron chi connectivity index (χ1n) is 9.81. The number of ether oxygens (including phenoxy) is 3. The van der Waals surface area contributed by atoms with Gasteiger partial charge in [0, 0.05) is 24.8 Å². The molecule has 154 valence electrons. The van der Waals surface area contributed by atoms with Crippen LogP contribution in [0.25, 0.3) is 0 Å². The highest BCUT2D eigenvalue weighted by molar-refractivity contribution is 6.33. The van der Waals surface area contributed by atoms with E-state index in [1.807, 2.05) is 24.3 Å². The second-order valence-corrected chi connectivity index (χ2v) is 7.93. The normalized spacial score (nSPS) is 23.3. The Kier molecular flexibility index (Phi) is 6.04. The number of nitrogens with zero attached hydrogens (tertiary/aromatic N) is 1. The van der Waals surface area contributed by atoms with Crippen molar-refractivity contribution in [2.75, 3.05) is 20.3 Å². The lowest BCUT2D eigenvalue weighted by Gasteiger charge is -2.33. The van der Waals surface area contributed by atoms with Gasteiger partial charge >= 0.3 is 0 Å². The summed E-state index contributed by atoms with van der Waals surface area (Å²) in [5, 5.41) is 13.9. The molecule has 7 heteroatoms. The van der Waals surface area contributed by atoms with Crippen LogP contribution in [0.5, 0.6) is 11.5 Å². The fraction of sp³-hybridized carbons (Fsp3) is 0.455. The van der Waals surface area contributed by atoms with Crippen molar-refractivity contribution >= 4 is 11.6 Å². The molecule has 1 fully saturated rings. The molecule has 29 heavy (non-hydrogen) atoms. The second-order valence-electron chi connectivity index (χ2n) is 7.55. The molecule has 2 heterocycles. The number of aliphatic hydroxyl groups excluding tert-OH is 1. The Bertz CT molecular complexity index is 886. The molecule has 0 radical (unpaired) electrons. The lowest BCUT2D eigenvalue weighted by molar-refractivity contribution is -0.0933. The SMILES string of the molecule is COc1ccc(Cc2cc(C3CC(O)CC(CN=O)O3)c3c(c2Cl)OCC3)cc1. The van der Waals surface area contributed by atoms with Crippen LogP contribution in [0.2, 0.25) is 5.02 Å². The van der Waals surface area contributed by atoms with Gasteiger partial charge in [0.05, 0.1) is 37.1 Å². The van der Waals surface area contributed by atoms with Gasteiger partial charge < -0.3 is 19.3 Å². The molecule has 2 aliphatic heterocycles. The summed E-state index contributed by atoms with van der Waals surface area (Å²) in [6.45, 7) is 0.612. The van der Waals surface area contributed by atoms with Gasteiger partial charge in [0.25, 0.3) is 0 Å². The summed E-state index contributed by atoms with van der Waals surface area (Å²) >= 11 is 6.68. The number of halogens is 1. The van der Waals surface area contributed by atoms with Gasteiger partial charge in [0.15, 0.2) is 0 Å². The summed E-state index contributed by atoms with van der Waals surface area (Å²) in [5.41, 5.74) is 4.07. The maximum atomic E-state index is 10.7. The molecule has 0 bridgehead atoms. The molecule has 3 atom stereocenters. The van der Waals surface area contributed by atoms with Crippen LogP contribution in [-0.2, 0) is 17.6 Å². The van der Waals surface area contributed by atoms with Crippen LogP contribution in [0.15, 0.2) is 35.5 Å². The van der Waals surface area contributed by atoms with E-state index in [1.54, 1.807) is 7.11 Å². The van der Waals surface area contributed by atoms with Gasteiger partial charge in [-0.15, -0.1) is 0 Å². The van der Waals surface area contributed by atoms with Gasteiger partial charge in [-0.25, -0.2) is 0 Å². The zero-order chi connectivity index (χ0) is 20.4. The van der Waals surface area contributed by atoms with Crippen LogP contribution in [-0.4, -0.2) is 37.6 Å². The van der Waals surface area contributed by atoms with Crippen molar-refractivity contribution in [3.63, 3.8) is 0 Å². The average molecular weight is 418 g/mol. The summed E-state index contributed by atoms with van der Waals surface area (Å²) < 4.78 is 17.2. The predicted octanol–water partition coefficient (Wildman–Crippen LogP) is 4.22. The highest BCUT2D eigenvalue weighted by Gasteiger charge is 2.34. The van der Waals surface area contributed by atoms with Crippen LogP contribution in [0.4, 0.5) is 0 Å². The Labute approximate surface area is 174 Å². The van der Waals surface area contributed by atoms with Gasteiger partial charge in [-0.3, -0.25) is 0 Å². The first-order chi connectivity index (χ1) is 14.1. The Hall–Kier alpha value is -2.15. The fourth-order valence-corrected chi connectivity index (χ4v) is 4.47. The minimum absolute atomic E-state index is 0.0402. The van der Waals surface area contributed by atoms with Gasteiger partial charge in [-0.05, 0) is 35.2 Å². The zero-order valence-electron chi connectivity index (χ0n) is 16.3. The van der Waals surface area contributed by atoms with Crippen molar-refractivity contribution in [3.8, 4) is 11.5 Å². The molecule has 0 saturated carbocycles. The van der Waals surface area contributed by atoms with E-state index in [-0.39, 0.29) is 18.8 Å². The Morgan fingerprint density at radius 2 is 2.07 bits per heavy atom. The van der Waals surface area contributed by atoms with Crippen LogP contribution in [0.3, 0.4) is 0 Å². The van der Waals surface area contributed by atoms with Crippen LogP contribution < -0.4 is 9.47 Å². The molecule has 0 amide bonds. The average Bonchev–Trinajstić information content (AvgIpc) is 3.21. The number of aliphatic hydroxyl groups is 1. The number of rotatable bonds is 6. The first kappa shape index (κ1) is 20.1. The Balaban J connectivity index is 1.67. The zero-order valence-corrected chi connectivity index (χ0v) is 17.0. The summed E-state index contributed by atoms with van der Waals surface area (Å²) in [6.07, 6.45) is 1.08. The van der Waals surface area contributed by atoms with E-state index in [0.29, 0.717) is 36.6 Å². The standard InChI is InChI=1S/C22H24ClNO5/c1-27-16-4-2-13(3-5-16)8-14-9-19(18-6-7-28-22(18)21(14)23)20-11-15(25)10-17(29-20)12-24-26/h2-5,9,15,17,20,25H,6-8,10-12H2,1H3. The quantitative estimate of drug-likeness (QED) is 0.712. The molecule has 2 aromatic carbocycles. The van der Waals surface area contributed by atoms with Crippen molar-refractivity contribution < 1.29 is 19.3 Å². The van der Waals surface area contributed by atoms with E-state index in [2.05, 4.69) is 11.2 Å². The first-order valence-corrected chi connectivity index (χ1v) is 10.2. The molecule has 6 nitrogen and oxygen atoms in total. The van der Waals surface area contributed by atoms with Gasteiger partial charge in [0.1, 0.15) is 18.0 Å². The maximum Gasteiger partial charge on any atom is 0.141 e. The molecule has 2 aromatic rings. The topological polar surface area (TPSA) is 77.4 Å². The van der Waals surface area contributed by atoms with Crippen LogP contribution in [0.1, 0.15) is 41.2 Å². The van der Waals surface area contributed by atoms with Crippen molar-refractivity contribution in [2.45, 2.75) is 44.0 Å². The third-order valence-electron chi connectivity index (χ3n) is 5.59. The van der Waals surface area contributed by atoms with E-state index in [0.717, 1.165) is 34.4 Å². The molecule has 2 aliphatic rings. The molecule has 0 spiro atoms. The maximum absolute atomic E-state index is 10.7. The van der Waals surface area contributed by atoms with Crippen molar-refractivity contribution in [1.29, 1.82) is 0 Å². The lowest BCUT2D eigenvalue weighted by Crippen LogP contribution is -2.33. The fourth-order valence-electron chi connectivity index (χ4n) is 4.18. The van der Waals surface area contributed by atoms with Crippen molar-refractivity contribution in [2.24, 2.45) is 5.18 Å². The summed E-state index contributed by atoms with van der Waals surface area (Å²) in [6, 6.07) is 9.93. The third-order valence-corrected chi connectivity index (χ3v) is 6.00. The number of methoxy groups -OCH3 is 1. The summed E-state index contributed by atoms with van der Waals surface area (Å²) in [4.78, 5) is 10.7. The number of fused-ring (bicyclic) bond motifs is 1. The number of benzene rings is 2. The van der Waals surface area contributed by atoms with E-state index in [9.17, 15) is 10.0 Å². The molecule has 3 unspecified atom stereocenters. The molecule has 1 N–H and O–H groups in total. The number of hydrogen-bond donors (Lipinski definition) is 1. The van der Waals surface area contributed by atoms with Crippen LogP contribution in [0, 0.1) is 4.91 Å². The lowest BCUT2D eigenvalue weighted by atomic mass is 9.89. The van der Waals surface area contributed by atoms with Gasteiger partial charge in [-0.2, -0.15) is 4.91 Å². The third kappa shape index (κ3) is 4.25. The molecular formula is C22H24ClNO5. The van der Waals surface area contributed by atoms with Crippen molar-refractivity contribution in [3.05, 3.63) is 62.5 Å². The minimum Gasteiger partial charge on any atom is -0.497 e. The van der Waals surface area contributed by atoms with Crippen LogP contribution >= 0.6 is 11.6 Å². The van der Waals surface area contributed by atoms with E-state index in [1.165, 1.54) is 0 Å². The molecule has 0 aromatic heterocycles. The smallest absolute Gasteiger partial charge is 0.141 e. The van der Waals surface area contributed by atoms with E-state index >= 15 is 0 Å². The largest absolute Gasteiger partial charge is 0.497 e. The molecule has 1 saturated heterocycles. The Morgan fingerprint density at radius 3 is 2.79 bits per heavy atom. The molecule has 4 rings (SSSR count). The molecular weight excluding hydrogens is 394 g/mol. The number of nitroso groups, excluding NO2 is 1. The van der Waals surface area contributed by atoms with E-state index < -0.39 is 6.10 Å². The minimum atomic E-state index is -0.529. The summed E-state index contributed by atoms with van der Waals surface area (Å²) in [5.74, 6) is 1.51. The van der Waals surface area contributed by atoms with Gasteiger partial charge in [-0.1, -0.05) is 35.0 Å². The number of hydrogen-bond acceptors (Lipinski definition) is 6. The Morgan fingerprint density at radius 1 is 1.28 bits per heavy atom. The van der Waals surface area contributed by atoms with Crippen molar-refractivity contribution in [1.82, 2.24) is 0 Å². The second kappa shape index (κ2) is 8.69. The molecule has 0 aliphatic carbocycles. The van der Waals surface area contributed by atoms with E-state index in [4.69, 9.17) is 25.8 Å². The predicted molar refractivity (Wildman–Crippen MR) is 110 cm³/mol. The monoisotopic (exact) mass is 417 g/mol. The highest BCUT2D eigenvalue weighted by Crippen LogP contribution is 2.44. The van der Waals surface area contributed by atoms with Gasteiger partial charge in [0.2, 0.25) is 0 Å².